The standard InChI is InChI=1S/C25H26ClN3O2S/c1-25(2,3)16-6-11-19-20(13-16)32-24(29-22(30)15-5-4-12-27-14-15)21(19)23(31)28-18-9-7-17(26)8-10-18/h4-5,7-10,12,14,16H,6,11,13H2,1-3H3,(H,28,31)(H,29,30). The molecule has 1 atom stereocenters. The Morgan fingerprint density at radius 2 is 1.84 bits per heavy atom. The lowest BCUT2D eigenvalue weighted by Gasteiger charge is -2.33. The van der Waals surface area contributed by atoms with Crippen LogP contribution in [0, 0.1) is 11.3 Å². The molecule has 1 aliphatic rings. The van der Waals surface area contributed by atoms with Crippen molar-refractivity contribution in [2.45, 2.75) is 40.0 Å². The number of halogens is 1. The molecule has 166 valence electrons. The molecule has 2 amide bonds. The number of nitrogens with zero attached hydrogens (tertiary/aromatic N) is 1. The summed E-state index contributed by atoms with van der Waals surface area (Å²) in [5.41, 5.74) is 2.91. The van der Waals surface area contributed by atoms with Crippen molar-refractivity contribution < 1.29 is 9.59 Å². The molecule has 5 nitrogen and oxygen atoms in total. The number of nitrogens with one attached hydrogen (secondary N) is 2. The number of anilines is 2. The maximum absolute atomic E-state index is 13.3. The fraction of sp³-hybridized carbons (Fsp3) is 0.320. The number of carbonyl (C=O) groups excluding carboxylic acids is 2. The Labute approximate surface area is 197 Å². The van der Waals surface area contributed by atoms with E-state index in [2.05, 4.69) is 36.4 Å². The molecule has 1 aromatic carbocycles. The van der Waals surface area contributed by atoms with Gasteiger partial charge in [-0.25, -0.2) is 0 Å². The third-order valence-electron chi connectivity index (χ3n) is 5.97. The number of benzene rings is 1. The Morgan fingerprint density at radius 3 is 2.50 bits per heavy atom. The second kappa shape index (κ2) is 9.04. The first-order valence-electron chi connectivity index (χ1n) is 10.6. The Balaban J connectivity index is 1.68. The van der Waals surface area contributed by atoms with Gasteiger partial charge in [0, 0.05) is 28.0 Å². The predicted molar refractivity (Wildman–Crippen MR) is 131 cm³/mol. The molecule has 0 saturated heterocycles. The molecule has 2 aromatic heterocycles. The summed E-state index contributed by atoms with van der Waals surface area (Å²) in [6.07, 6.45) is 5.89. The van der Waals surface area contributed by atoms with E-state index >= 15 is 0 Å². The van der Waals surface area contributed by atoms with Crippen LogP contribution in [-0.4, -0.2) is 16.8 Å². The molecular weight excluding hydrogens is 442 g/mol. The van der Waals surface area contributed by atoms with Crippen molar-refractivity contribution in [3.8, 4) is 0 Å². The number of rotatable bonds is 4. The van der Waals surface area contributed by atoms with Gasteiger partial charge in [0.2, 0.25) is 0 Å². The number of hydrogen-bond acceptors (Lipinski definition) is 4. The van der Waals surface area contributed by atoms with Crippen LogP contribution < -0.4 is 10.6 Å². The lowest BCUT2D eigenvalue weighted by atomic mass is 9.72. The molecule has 0 aliphatic heterocycles. The molecule has 2 heterocycles. The number of thiophene rings is 1. The number of amides is 2. The van der Waals surface area contributed by atoms with Crippen LogP contribution in [-0.2, 0) is 12.8 Å². The van der Waals surface area contributed by atoms with Crippen molar-refractivity contribution in [1.82, 2.24) is 4.98 Å². The van der Waals surface area contributed by atoms with Crippen LogP contribution in [0.1, 0.15) is 58.3 Å². The molecule has 1 aliphatic carbocycles. The maximum Gasteiger partial charge on any atom is 0.258 e. The summed E-state index contributed by atoms with van der Waals surface area (Å²) in [4.78, 5) is 31.4. The summed E-state index contributed by atoms with van der Waals surface area (Å²) >= 11 is 7.48. The van der Waals surface area contributed by atoms with Gasteiger partial charge in [0.25, 0.3) is 11.8 Å². The first-order chi connectivity index (χ1) is 15.2. The molecule has 0 saturated carbocycles. The average molecular weight is 468 g/mol. The SMILES string of the molecule is CC(C)(C)C1CCc2c(sc(NC(=O)c3cccnc3)c2C(=O)Nc2ccc(Cl)cc2)C1. The van der Waals surface area contributed by atoms with Gasteiger partial charge in [-0.1, -0.05) is 32.4 Å². The zero-order valence-corrected chi connectivity index (χ0v) is 19.9. The summed E-state index contributed by atoms with van der Waals surface area (Å²) in [5.74, 6) is 0.0350. The van der Waals surface area contributed by atoms with Crippen molar-refractivity contribution in [2.75, 3.05) is 10.6 Å². The minimum Gasteiger partial charge on any atom is -0.322 e. The van der Waals surface area contributed by atoms with Crippen molar-refractivity contribution >= 4 is 45.4 Å². The smallest absolute Gasteiger partial charge is 0.258 e. The molecule has 1 unspecified atom stereocenters. The first kappa shape index (κ1) is 22.5. The zero-order chi connectivity index (χ0) is 22.9. The lowest BCUT2D eigenvalue weighted by molar-refractivity contribution is 0.102. The fourth-order valence-electron chi connectivity index (χ4n) is 4.05. The maximum atomic E-state index is 13.3. The Bertz CT molecular complexity index is 1130. The van der Waals surface area contributed by atoms with Gasteiger partial charge in [0.15, 0.2) is 0 Å². The normalized spacial score (nSPS) is 15.7. The summed E-state index contributed by atoms with van der Waals surface area (Å²) in [6.45, 7) is 6.78. The van der Waals surface area contributed by atoms with Gasteiger partial charge in [-0.3, -0.25) is 14.6 Å². The van der Waals surface area contributed by atoms with E-state index in [0.29, 0.717) is 32.8 Å². The van der Waals surface area contributed by atoms with Gasteiger partial charge in [0.1, 0.15) is 5.00 Å². The fourth-order valence-corrected chi connectivity index (χ4v) is 5.50. The second-order valence-corrected chi connectivity index (χ2v) is 10.7. The highest BCUT2D eigenvalue weighted by molar-refractivity contribution is 7.17. The van der Waals surface area contributed by atoms with Crippen LogP contribution in [0.25, 0.3) is 0 Å². The van der Waals surface area contributed by atoms with Gasteiger partial charge < -0.3 is 10.6 Å². The van der Waals surface area contributed by atoms with Gasteiger partial charge in [0.05, 0.1) is 11.1 Å². The number of pyridine rings is 1. The molecule has 3 aromatic rings. The van der Waals surface area contributed by atoms with Crippen LogP contribution in [0.2, 0.25) is 5.02 Å². The van der Waals surface area contributed by atoms with Crippen molar-refractivity contribution in [2.24, 2.45) is 11.3 Å². The minimum absolute atomic E-state index is 0.187. The Hall–Kier alpha value is -2.70. The van der Waals surface area contributed by atoms with E-state index in [1.165, 1.54) is 22.4 Å². The Morgan fingerprint density at radius 1 is 1.09 bits per heavy atom. The lowest BCUT2D eigenvalue weighted by Crippen LogP contribution is -2.27. The van der Waals surface area contributed by atoms with E-state index in [4.69, 9.17) is 11.6 Å². The number of hydrogen-bond donors (Lipinski definition) is 2. The van der Waals surface area contributed by atoms with Crippen LogP contribution in [0.5, 0.6) is 0 Å². The van der Waals surface area contributed by atoms with Gasteiger partial charge in [-0.05, 0) is 72.6 Å². The van der Waals surface area contributed by atoms with Gasteiger partial charge in [-0.2, -0.15) is 0 Å². The summed E-state index contributed by atoms with van der Waals surface area (Å²) in [6, 6.07) is 10.4. The number of fused-ring (bicyclic) bond motifs is 1. The topological polar surface area (TPSA) is 71.1 Å². The zero-order valence-electron chi connectivity index (χ0n) is 18.4. The third-order valence-corrected chi connectivity index (χ3v) is 7.39. The molecule has 0 bridgehead atoms. The summed E-state index contributed by atoms with van der Waals surface area (Å²) in [5, 5.41) is 7.13. The molecule has 0 radical (unpaired) electrons. The average Bonchev–Trinajstić information content (AvgIpc) is 3.12. The molecule has 2 N–H and O–H groups in total. The second-order valence-electron chi connectivity index (χ2n) is 9.17. The number of carbonyl (C=O) groups is 2. The van der Waals surface area contributed by atoms with Crippen molar-refractivity contribution in [1.29, 1.82) is 0 Å². The number of aromatic nitrogens is 1. The van der Waals surface area contributed by atoms with Gasteiger partial charge in [-0.15, -0.1) is 11.3 Å². The summed E-state index contributed by atoms with van der Waals surface area (Å²) < 4.78 is 0. The molecule has 0 fully saturated rings. The van der Waals surface area contributed by atoms with E-state index in [1.807, 2.05) is 0 Å². The van der Waals surface area contributed by atoms with Crippen molar-refractivity contribution in [3.63, 3.8) is 0 Å². The summed E-state index contributed by atoms with van der Waals surface area (Å²) in [7, 11) is 0. The Kier molecular flexibility index (Phi) is 6.35. The highest BCUT2D eigenvalue weighted by atomic mass is 35.5. The molecule has 0 spiro atoms. The predicted octanol–water partition coefficient (Wildman–Crippen LogP) is 6.45. The third kappa shape index (κ3) is 4.87. The van der Waals surface area contributed by atoms with Crippen LogP contribution >= 0.6 is 22.9 Å². The highest BCUT2D eigenvalue weighted by Crippen LogP contribution is 2.44. The van der Waals surface area contributed by atoms with E-state index in [0.717, 1.165) is 24.8 Å². The molecule has 4 rings (SSSR count). The van der Waals surface area contributed by atoms with Crippen LogP contribution in [0.4, 0.5) is 10.7 Å². The van der Waals surface area contributed by atoms with E-state index in [1.54, 1.807) is 42.6 Å². The van der Waals surface area contributed by atoms with Crippen LogP contribution in [0.3, 0.4) is 0 Å². The van der Waals surface area contributed by atoms with Crippen molar-refractivity contribution in [3.05, 3.63) is 75.4 Å². The minimum atomic E-state index is -0.274. The highest BCUT2D eigenvalue weighted by Gasteiger charge is 2.34. The van der Waals surface area contributed by atoms with E-state index in [9.17, 15) is 9.59 Å². The first-order valence-corrected chi connectivity index (χ1v) is 11.8. The molecule has 7 heteroatoms. The largest absolute Gasteiger partial charge is 0.322 e. The van der Waals surface area contributed by atoms with E-state index < -0.39 is 0 Å². The quantitative estimate of drug-likeness (QED) is 0.463. The van der Waals surface area contributed by atoms with Gasteiger partial charge >= 0.3 is 0 Å². The molecular formula is C25H26ClN3O2S. The molecule has 32 heavy (non-hydrogen) atoms. The monoisotopic (exact) mass is 467 g/mol. The van der Waals surface area contributed by atoms with Crippen LogP contribution in [0.15, 0.2) is 48.8 Å². The van der Waals surface area contributed by atoms with E-state index in [-0.39, 0.29) is 17.2 Å².